The van der Waals surface area contributed by atoms with Crippen LogP contribution in [0.3, 0.4) is 0 Å². The van der Waals surface area contributed by atoms with Crippen LogP contribution in [0, 0.1) is 19.8 Å². The van der Waals surface area contributed by atoms with Gasteiger partial charge in [0.25, 0.3) is 0 Å². The minimum Gasteiger partial charge on any atom is -0.324 e. The highest BCUT2D eigenvalue weighted by Gasteiger charge is 2.39. The van der Waals surface area contributed by atoms with Crippen LogP contribution in [-0.4, -0.2) is 5.92 Å². The Kier molecular flexibility index (Phi) is 3.71. The molecule has 0 amide bonds. The zero-order chi connectivity index (χ0) is 13.3. The van der Waals surface area contributed by atoms with Gasteiger partial charge in [0, 0.05) is 18.9 Å². The van der Waals surface area contributed by atoms with E-state index in [1.165, 1.54) is 0 Å². The third kappa shape index (κ3) is 2.89. The van der Waals surface area contributed by atoms with E-state index in [9.17, 15) is 8.78 Å². The van der Waals surface area contributed by atoms with Crippen molar-refractivity contribution in [2.75, 3.05) is 0 Å². The highest BCUT2D eigenvalue weighted by molar-refractivity contribution is 5.35. The van der Waals surface area contributed by atoms with Gasteiger partial charge in [0.15, 0.2) is 0 Å². The molecule has 0 aliphatic heterocycles. The van der Waals surface area contributed by atoms with Crippen LogP contribution in [0.1, 0.15) is 48.4 Å². The number of benzene rings is 1. The Hall–Kier alpha value is -0.960. The van der Waals surface area contributed by atoms with Crippen molar-refractivity contribution >= 4 is 0 Å². The first kappa shape index (κ1) is 13.5. The zero-order valence-electron chi connectivity index (χ0n) is 11.0. The van der Waals surface area contributed by atoms with Gasteiger partial charge >= 0.3 is 0 Å². The lowest BCUT2D eigenvalue weighted by atomic mass is 9.89. The molecule has 0 bridgehead atoms. The average Bonchev–Trinajstić information content (AvgIpc) is 2.57. The van der Waals surface area contributed by atoms with E-state index in [4.69, 9.17) is 5.73 Å². The number of hydrogen-bond donors (Lipinski definition) is 1. The third-order valence-corrected chi connectivity index (χ3v) is 4.01. The largest absolute Gasteiger partial charge is 0.324 e. The van der Waals surface area contributed by atoms with Gasteiger partial charge in [-0.2, -0.15) is 0 Å². The maximum atomic E-state index is 13.2. The monoisotopic (exact) mass is 253 g/mol. The summed E-state index contributed by atoms with van der Waals surface area (Å²) in [6.07, 6.45) is 1.30. The predicted molar refractivity (Wildman–Crippen MR) is 69.7 cm³/mol. The SMILES string of the molecule is Cc1cccc(C)c1C(N)CC1CCC(F)(F)C1. The maximum Gasteiger partial charge on any atom is 0.248 e. The van der Waals surface area contributed by atoms with Crippen LogP contribution < -0.4 is 5.73 Å². The summed E-state index contributed by atoms with van der Waals surface area (Å²) in [6.45, 7) is 4.07. The summed E-state index contributed by atoms with van der Waals surface area (Å²) in [5.74, 6) is -2.40. The molecule has 0 spiro atoms. The molecule has 1 aromatic carbocycles. The molecule has 3 heteroatoms. The minimum atomic E-state index is -2.47. The molecule has 0 heterocycles. The summed E-state index contributed by atoms with van der Waals surface area (Å²) >= 11 is 0. The molecule has 0 aromatic heterocycles. The quantitative estimate of drug-likeness (QED) is 0.861. The van der Waals surface area contributed by atoms with Crippen molar-refractivity contribution < 1.29 is 8.78 Å². The van der Waals surface area contributed by atoms with Crippen LogP contribution in [0.25, 0.3) is 0 Å². The van der Waals surface area contributed by atoms with Gasteiger partial charge in [0.2, 0.25) is 5.92 Å². The number of nitrogens with two attached hydrogens (primary N) is 1. The fourth-order valence-electron chi connectivity index (χ4n) is 3.13. The highest BCUT2D eigenvalue weighted by Crippen LogP contribution is 2.42. The molecule has 100 valence electrons. The van der Waals surface area contributed by atoms with Gasteiger partial charge in [-0.1, -0.05) is 18.2 Å². The first-order valence-electron chi connectivity index (χ1n) is 6.58. The fourth-order valence-corrected chi connectivity index (χ4v) is 3.13. The molecule has 2 rings (SSSR count). The van der Waals surface area contributed by atoms with E-state index in [-0.39, 0.29) is 24.8 Å². The Bertz CT molecular complexity index is 408. The van der Waals surface area contributed by atoms with Crippen molar-refractivity contribution in [2.45, 2.75) is 51.5 Å². The summed E-state index contributed by atoms with van der Waals surface area (Å²) in [5.41, 5.74) is 9.67. The zero-order valence-corrected chi connectivity index (χ0v) is 11.0. The molecular weight excluding hydrogens is 232 g/mol. The first-order valence-corrected chi connectivity index (χ1v) is 6.58. The Balaban J connectivity index is 2.07. The second kappa shape index (κ2) is 4.96. The molecule has 1 nitrogen and oxygen atoms in total. The van der Waals surface area contributed by atoms with Gasteiger partial charge < -0.3 is 5.73 Å². The van der Waals surface area contributed by atoms with Crippen molar-refractivity contribution in [1.29, 1.82) is 0 Å². The Morgan fingerprint density at radius 1 is 1.33 bits per heavy atom. The second-order valence-corrected chi connectivity index (χ2v) is 5.61. The van der Waals surface area contributed by atoms with E-state index in [1.54, 1.807) is 0 Å². The second-order valence-electron chi connectivity index (χ2n) is 5.61. The van der Waals surface area contributed by atoms with Crippen molar-refractivity contribution in [3.8, 4) is 0 Å². The summed E-state index contributed by atoms with van der Waals surface area (Å²) in [6, 6.07) is 5.95. The van der Waals surface area contributed by atoms with Gasteiger partial charge in [-0.05, 0) is 49.3 Å². The lowest BCUT2D eigenvalue weighted by molar-refractivity contribution is 0.00446. The van der Waals surface area contributed by atoms with Gasteiger partial charge in [-0.3, -0.25) is 0 Å². The minimum absolute atomic E-state index is 0.00558. The van der Waals surface area contributed by atoms with Gasteiger partial charge in [0.1, 0.15) is 0 Å². The Morgan fingerprint density at radius 2 is 1.94 bits per heavy atom. The normalized spacial score (nSPS) is 24.2. The molecule has 1 aliphatic rings. The lowest BCUT2D eigenvalue weighted by Gasteiger charge is -2.20. The predicted octanol–water partition coefficient (Wildman–Crippen LogP) is 4.13. The van der Waals surface area contributed by atoms with E-state index in [0.29, 0.717) is 12.8 Å². The van der Waals surface area contributed by atoms with Gasteiger partial charge in [-0.25, -0.2) is 8.78 Å². The number of hydrogen-bond acceptors (Lipinski definition) is 1. The first-order chi connectivity index (χ1) is 8.39. The molecule has 1 fully saturated rings. The fraction of sp³-hybridized carbons (Fsp3) is 0.600. The van der Waals surface area contributed by atoms with Crippen LogP contribution in [0.2, 0.25) is 0 Å². The summed E-state index contributed by atoms with van der Waals surface area (Å²) in [5, 5.41) is 0. The van der Waals surface area contributed by atoms with Crippen LogP contribution >= 0.6 is 0 Å². The van der Waals surface area contributed by atoms with Gasteiger partial charge in [-0.15, -0.1) is 0 Å². The Morgan fingerprint density at radius 3 is 2.44 bits per heavy atom. The van der Waals surface area contributed by atoms with Crippen LogP contribution in [0.5, 0.6) is 0 Å². The summed E-state index contributed by atoms with van der Waals surface area (Å²) in [7, 11) is 0. The maximum absolute atomic E-state index is 13.2. The average molecular weight is 253 g/mol. The molecule has 0 radical (unpaired) electrons. The van der Waals surface area contributed by atoms with Crippen LogP contribution in [-0.2, 0) is 0 Å². The molecule has 2 N–H and O–H groups in total. The van der Waals surface area contributed by atoms with Gasteiger partial charge in [0.05, 0.1) is 0 Å². The van der Waals surface area contributed by atoms with E-state index in [2.05, 4.69) is 0 Å². The van der Waals surface area contributed by atoms with E-state index in [1.807, 2.05) is 32.0 Å². The molecule has 0 saturated heterocycles. The smallest absolute Gasteiger partial charge is 0.248 e. The molecular formula is C15H21F2N. The van der Waals surface area contributed by atoms with Crippen LogP contribution in [0.15, 0.2) is 18.2 Å². The number of aryl methyl sites for hydroxylation is 2. The summed E-state index contributed by atoms with van der Waals surface area (Å²) in [4.78, 5) is 0. The molecule has 1 aliphatic carbocycles. The van der Waals surface area contributed by atoms with E-state index < -0.39 is 5.92 Å². The standard InChI is InChI=1S/C15H21F2N/c1-10-4-3-5-11(2)14(10)13(18)8-12-6-7-15(16,17)9-12/h3-5,12-13H,6-9,18H2,1-2H3. The molecule has 18 heavy (non-hydrogen) atoms. The number of rotatable bonds is 3. The molecule has 2 unspecified atom stereocenters. The molecule has 1 saturated carbocycles. The summed E-state index contributed by atoms with van der Waals surface area (Å²) < 4.78 is 26.3. The van der Waals surface area contributed by atoms with E-state index in [0.717, 1.165) is 16.7 Å². The van der Waals surface area contributed by atoms with Crippen LogP contribution in [0.4, 0.5) is 8.78 Å². The van der Waals surface area contributed by atoms with Crippen molar-refractivity contribution in [2.24, 2.45) is 11.7 Å². The topological polar surface area (TPSA) is 26.0 Å². The number of halogens is 2. The lowest BCUT2D eigenvalue weighted by Crippen LogP contribution is -2.18. The van der Waals surface area contributed by atoms with Crippen molar-refractivity contribution in [3.63, 3.8) is 0 Å². The van der Waals surface area contributed by atoms with Crippen molar-refractivity contribution in [1.82, 2.24) is 0 Å². The van der Waals surface area contributed by atoms with Crippen molar-refractivity contribution in [3.05, 3.63) is 34.9 Å². The Labute approximate surface area is 107 Å². The molecule has 1 aromatic rings. The molecule has 2 atom stereocenters. The van der Waals surface area contributed by atoms with E-state index >= 15 is 0 Å². The highest BCUT2D eigenvalue weighted by atomic mass is 19.3. The third-order valence-electron chi connectivity index (χ3n) is 4.01. The number of alkyl halides is 2.